The van der Waals surface area contributed by atoms with Crippen molar-refractivity contribution < 1.29 is 14.3 Å². The Bertz CT molecular complexity index is 1210. The van der Waals surface area contributed by atoms with Crippen LogP contribution >= 0.6 is 11.6 Å². The fourth-order valence-corrected chi connectivity index (χ4v) is 3.25. The smallest absolute Gasteiger partial charge is 0.254 e. The summed E-state index contributed by atoms with van der Waals surface area (Å²) >= 11 is 6.03. The first-order chi connectivity index (χ1) is 15.6. The topological polar surface area (TPSA) is 78.3 Å². The number of hydrogen-bond donors (Lipinski definition) is 1. The lowest BCUT2D eigenvalue weighted by Gasteiger charge is -2.12. The summed E-state index contributed by atoms with van der Waals surface area (Å²) in [5.41, 5.74) is 3.13. The summed E-state index contributed by atoms with van der Waals surface area (Å²) < 4.78 is 12.9. The van der Waals surface area contributed by atoms with E-state index < -0.39 is 0 Å². The van der Waals surface area contributed by atoms with Gasteiger partial charge in [0.15, 0.2) is 11.5 Å². The molecule has 2 heterocycles. The molecule has 0 saturated heterocycles. The van der Waals surface area contributed by atoms with Gasteiger partial charge in [0, 0.05) is 30.2 Å². The lowest BCUT2D eigenvalue weighted by Crippen LogP contribution is -2.22. The Balaban J connectivity index is 1.37. The molecule has 2 aromatic heterocycles. The molecular weight excluding hydrogens is 428 g/mol. The zero-order valence-corrected chi connectivity index (χ0v) is 18.1. The first-order valence-electron chi connectivity index (χ1n) is 9.90. The van der Waals surface area contributed by atoms with Crippen LogP contribution in [0.5, 0.6) is 11.5 Å². The molecule has 0 aliphatic carbocycles. The largest absolute Gasteiger partial charge is 0.493 e. The standard InChI is InChI=1S/C24H21ClN4O3/c1-31-23-11-18(5-6-22(23)32-16-17-7-9-26-10-8-17)13-27-24(30)19-14-28-29(15-19)21-4-2-3-20(25)12-21/h2-12,14-15H,13,16H2,1H3,(H,27,30). The Morgan fingerprint density at radius 3 is 2.69 bits per heavy atom. The third kappa shape index (κ3) is 5.25. The van der Waals surface area contributed by atoms with Gasteiger partial charge in [0.2, 0.25) is 0 Å². The highest BCUT2D eigenvalue weighted by Crippen LogP contribution is 2.29. The van der Waals surface area contributed by atoms with Crippen molar-refractivity contribution in [3.8, 4) is 17.2 Å². The Morgan fingerprint density at radius 1 is 1.06 bits per heavy atom. The van der Waals surface area contributed by atoms with Crippen molar-refractivity contribution in [1.82, 2.24) is 20.1 Å². The van der Waals surface area contributed by atoms with Crippen LogP contribution in [0.25, 0.3) is 5.69 Å². The molecular formula is C24H21ClN4O3. The number of aromatic nitrogens is 3. The van der Waals surface area contributed by atoms with Crippen LogP contribution in [0.2, 0.25) is 5.02 Å². The number of methoxy groups -OCH3 is 1. The zero-order chi connectivity index (χ0) is 22.3. The highest BCUT2D eigenvalue weighted by Gasteiger charge is 2.11. The van der Waals surface area contributed by atoms with E-state index in [-0.39, 0.29) is 5.91 Å². The van der Waals surface area contributed by atoms with Gasteiger partial charge in [-0.25, -0.2) is 4.68 Å². The first-order valence-corrected chi connectivity index (χ1v) is 10.3. The molecule has 0 saturated carbocycles. The molecule has 1 amide bonds. The molecule has 1 N–H and O–H groups in total. The van der Waals surface area contributed by atoms with Crippen LogP contribution in [0.1, 0.15) is 21.5 Å². The van der Waals surface area contributed by atoms with Crippen LogP contribution in [0, 0.1) is 0 Å². The maximum absolute atomic E-state index is 12.6. The second kappa shape index (κ2) is 9.98. The summed E-state index contributed by atoms with van der Waals surface area (Å²) in [7, 11) is 1.58. The van der Waals surface area contributed by atoms with Gasteiger partial charge < -0.3 is 14.8 Å². The summed E-state index contributed by atoms with van der Waals surface area (Å²) in [6, 6.07) is 16.6. The van der Waals surface area contributed by atoms with E-state index in [2.05, 4.69) is 15.4 Å². The zero-order valence-electron chi connectivity index (χ0n) is 17.4. The van der Waals surface area contributed by atoms with Crippen molar-refractivity contribution in [2.45, 2.75) is 13.2 Å². The predicted octanol–water partition coefficient (Wildman–Crippen LogP) is 4.44. The molecule has 162 valence electrons. The molecule has 0 bridgehead atoms. The number of ether oxygens (including phenoxy) is 2. The Hall–Kier alpha value is -3.84. The quantitative estimate of drug-likeness (QED) is 0.431. The number of carbonyl (C=O) groups excluding carboxylic acids is 1. The number of benzene rings is 2. The van der Waals surface area contributed by atoms with Crippen molar-refractivity contribution in [2.75, 3.05) is 7.11 Å². The van der Waals surface area contributed by atoms with Gasteiger partial charge in [-0.1, -0.05) is 23.7 Å². The number of nitrogens with one attached hydrogen (secondary N) is 1. The number of carbonyl (C=O) groups is 1. The maximum Gasteiger partial charge on any atom is 0.254 e. The van der Waals surface area contributed by atoms with Crippen LogP contribution in [0.15, 0.2) is 79.4 Å². The summed E-state index contributed by atoms with van der Waals surface area (Å²) in [6.45, 7) is 0.744. The third-order valence-corrected chi connectivity index (χ3v) is 4.98. The Morgan fingerprint density at radius 2 is 1.91 bits per heavy atom. The number of hydrogen-bond acceptors (Lipinski definition) is 5. The van der Waals surface area contributed by atoms with Gasteiger partial charge in [0.05, 0.1) is 24.6 Å². The monoisotopic (exact) mass is 448 g/mol. The van der Waals surface area contributed by atoms with Gasteiger partial charge >= 0.3 is 0 Å². The van der Waals surface area contributed by atoms with Crippen molar-refractivity contribution in [2.24, 2.45) is 0 Å². The normalized spacial score (nSPS) is 10.6. The van der Waals surface area contributed by atoms with Crippen LogP contribution in [-0.4, -0.2) is 27.8 Å². The average Bonchev–Trinajstić information content (AvgIpc) is 3.33. The second-order valence-corrected chi connectivity index (χ2v) is 7.40. The summed E-state index contributed by atoms with van der Waals surface area (Å²) in [4.78, 5) is 16.6. The molecule has 4 rings (SSSR count). The molecule has 0 radical (unpaired) electrons. The van der Waals surface area contributed by atoms with Crippen molar-refractivity contribution in [3.05, 3.63) is 101 Å². The van der Waals surface area contributed by atoms with Crippen molar-refractivity contribution >= 4 is 17.5 Å². The minimum atomic E-state index is -0.227. The molecule has 4 aromatic rings. The summed E-state index contributed by atoms with van der Waals surface area (Å²) in [6.07, 6.45) is 6.63. The molecule has 8 heteroatoms. The van der Waals surface area contributed by atoms with E-state index in [1.807, 2.05) is 42.5 Å². The predicted molar refractivity (Wildman–Crippen MR) is 121 cm³/mol. The lowest BCUT2D eigenvalue weighted by molar-refractivity contribution is 0.0951. The van der Waals surface area contributed by atoms with Crippen molar-refractivity contribution in [3.63, 3.8) is 0 Å². The molecule has 0 fully saturated rings. The van der Waals surface area contributed by atoms with Gasteiger partial charge in [-0.2, -0.15) is 5.10 Å². The lowest BCUT2D eigenvalue weighted by atomic mass is 10.2. The average molecular weight is 449 g/mol. The Kier molecular flexibility index (Phi) is 6.67. The van der Waals surface area contributed by atoms with Crippen LogP contribution in [0.3, 0.4) is 0 Å². The molecule has 0 aliphatic heterocycles. The van der Waals surface area contributed by atoms with E-state index in [1.54, 1.807) is 42.5 Å². The van der Waals surface area contributed by atoms with Gasteiger partial charge in [0.1, 0.15) is 6.61 Å². The number of halogens is 1. The Labute approximate surface area is 190 Å². The summed E-state index contributed by atoms with van der Waals surface area (Å²) in [5, 5.41) is 7.75. The summed E-state index contributed by atoms with van der Waals surface area (Å²) in [5.74, 6) is 0.997. The minimum Gasteiger partial charge on any atom is -0.493 e. The van der Waals surface area contributed by atoms with E-state index in [1.165, 1.54) is 6.20 Å². The fourth-order valence-electron chi connectivity index (χ4n) is 3.07. The van der Waals surface area contributed by atoms with Crippen LogP contribution in [0.4, 0.5) is 0 Å². The number of amides is 1. The van der Waals surface area contributed by atoms with E-state index in [0.717, 1.165) is 16.8 Å². The molecule has 32 heavy (non-hydrogen) atoms. The second-order valence-electron chi connectivity index (χ2n) is 6.97. The fraction of sp³-hybridized carbons (Fsp3) is 0.125. The number of rotatable bonds is 8. The van der Waals surface area contributed by atoms with Gasteiger partial charge in [0.25, 0.3) is 5.91 Å². The number of pyridine rings is 1. The molecule has 0 aliphatic rings. The highest BCUT2D eigenvalue weighted by molar-refractivity contribution is 6.30. The minimum absolute atomic E-state index is 0.227. The van der Waals surface area contributed by atoms with Crippen LogP contribution < -0.4 is 14.8 Å². The molecule has 7 nitrogen and oxygen atoms in total. The van der Waals surface area contributed by atoms with Crippen molar-refractivity contribution in [1.29, 1.82) is 0 Å². The third-order valence-electron chi connectivity index (χ3n) is 4.74. The molecule has 0 atom stereocenters. The van der Waals surface area contributed by atoms with E-state index >= 15 is 0 Å². The van der Waals surface area contributed by atoms with Gasteiger partial charge in [-0.3, -0.25) is 9.78 Å². The first kappa shape index (κ1) is 21.4. The molecule has 0 unspecified atom stereocenters. The van der Waals surface area contributed by atoms with Gasteiger partial charge in [-0.05, 0) is 53.6 Å². The maximum atomic E-state index is 12.6. The van der Waals surface area contributed by atoms with E-state index in [0.29, 0.717) is 35.2 Å². The van der Waals surface area contributed by atoms with Gasteiger partial charge in [-0.15, -0.1) is 0 Å². The number of nitrogens with zero attached hydrogens (tertiary/aromatic N) is 3. The van der Waals surface area contributed by atoms with Crippen LogP contribution in [-0.2, 0) is 13.2 Å². The van der Waals surface area contributed by atoms with E-state index in [9.17, 15) is 4.79 Å². The highest BCUT2D eigenvalue weighted by atomic mass is 35.5. The molecule has 0 spiro atoms. The SMILES string of the molecule is COc1cc(CNC(=O)c2cnn(-c3cccc(Cl)c3)c2)ccc1OCc1ccncc1. The molecule has 2 aromatic carbocycles. The van der Waals surface area contributed by atoms with E-state index in [4.69, 9.17) is 21.1 Å².